The molecule has 1 aromatic heterocycles. The Hall–Kier alpha value is -1.42. The summed E-state index contributed by atoms with van der Waals surface area (Å²) in [6.45, 7) is 5.06. The van der Waals surface area contributed by atoms with Crippen LogP contribution in [0.25, 0.3) is 0 Å². The van der Waals surface area contributed by atoms with E-state index in [1.54, 1.807) is 17.3 Å². The van der Waals surface area contributed by atoms with Gasteiger partial charge in [0.05, 0.1) is 6.54 Å². The summed E-state index contributed by atoms with van der Waals surface area (Å²) >= 11 is 0. The number of hydrogen-bond donors (Lipinski definition) is 1. The number of carbonyl (C=O) groups excluding carboxylic acids is 1. The number of hydrogen-bond acceptors (Lipinski definition) is 3. The van der Waals surface area contributed by atoms with E-state index in [-0.39, 0.29) is 5.91 Å². The van der Waals surface area contributed by atoms with Crippen LogP contribution in [-0.2, 0) is 11.3 Å². The van der Waals surface area contributed by atoms with E-state index in [0.717, 1.165) is 5.56 Å². The number of rotatable bonds is 5. The van der Waals surface area contributed by atoms with Crippen LogP contribution in [0.2, 0.25) is 0 Å². The summed E-state index contributed by atoms with van der Waals surface area (Å²) in [4.78, 5) is 17.4. The molecule has 0 atom stereocenters. The minimum Gasteiger partial charge on any atom is -0.340 e. The molecule has 0 spiro atoms. The molecule has 4 heteroatoms. The molecule has 1 aromatic rings. The van der Waals surface area contributed by atoms with Crippen LogP contribution in [0.5, 0.6) is 0 Å². The molecule has 0 bridgehead atoms. The Balaban J connectivity index is 2.40. The lowest BCUT2D eigenvalue weighted by Crippen LogP contribution is -2.37. The van der Waals surface area contributed by atoms with Gasteiger partial charge in [0.1, 0.15) is 0 Å². The van der Waals surface area contributed by atoms with Gasteiger partial charge in [0.2, 0.25) is 5.91 Å². The maximum absolute atomic E-state index is 11.7. The predicted octanol–water partition coefficient (Wildman–Crippen LogP) is 1.04. The van der Waals surface area contributed by atoms with Crippen molar-refractivity contribution in [3.8, 4) is 0 Å². The van der Waals surface area contributed by atoms with Gasteiger partial charge in [-0.2, -0.15) is 0 Å². The van der Waals surface area contributed by atoms with E-state index in [4.69, 9.17) is 0 Å². The summed E-state index contributed by atoms with van der Waals surface area (Å²) in [7, 11) is 1.81. The third kappa shape index (κ3) is 4.40. The quantitative estimate of drug-likeness (QED) is 0.808. The molecule has 0 fully saturated rings. The van der Waals surface area contributed by atoms with Gasteiger partial charge in [0.15, 0.2) is 0 Å². The van der Waals surface area contributed by atoms with Gasteiger partial charge < -0.3 is 10.2 Å². The first kappa shape index (κ1) is 12.6. The van der Waals surface area contributed by atoms with Gasteiger partial charge in [0.25, 0.3) is 0 Å². The molecule has 88 valence electrons. The van der Waals surface area contributed by atoms with Crippen LogP contribution in [0.4, 0.5) is 0 Å². The van der Waals surface area contributed by atoms with Crippen molar-refractivity contribution < 1.29 is 4.79 Å². The van der Waals surface area contributed by atoms with E-state index in [1.807, 2.05) is 33.0 Å². The first-order chi connectivity index (χ1) is 7.59. The molecule has 0 saturated heterocycles. The number of likely N-dealkylation sites (N-methyl/N-ethyl adjacent to an activating group) is 1. The number of nitrogens with one attached hydrogen (secondary N) is 1. The average Bonchev–Trinajstić information content (AvgIpc) is 2.27. The van der Waals surface area contributed by atoms with Crippen LogP contribution in [0.1, 0.15) is 19.4 Å². The fraction of sp³-hybridized carbons (Fsp3) is 0.500. The topological polar surface area (TPSA) is 45.2 Å². The third-order valence-electron chi connectivity index (χ3n) is 2.26. The third-order valence-corrected chi connectivity index (χ3v) is 2.26. The van der Waals surface area contributed by atoms with Gasteiger partial charge in [-0.3, -0.25) is 9.78 Å². The standard InChI is InChI=1S/C12H19N3O/c1-10(2)14-8-12(16)15(3)9-11-4-6-13-7-5-11/h4-7,10,14H,8-9H2,1-3H3. The monoisotopic (exact) mass is 221 g/mol. The first-order valence-corrected chi connectivity index (χ1v) is 5.46. The summed E-state index contributed by atoms with van der Waals surface area (Å²) in [6.07, 6.45) is 3.47. The fourth-order valence-corrected chi connectivity index (χ4v) is 1.28. The van der Waals surface area contributed by atoms with E-state index in [9.17, 15) is 4.79 Å². The molecule has 0 aromatic carbocycles. The Morgan fingerprint density at radius 1 is 1.44 bits per heavy atom. The highest BCUT2D eigenvalue weighted by Gasteiger charge is 2.08. The second kappa shape index (κ2) is 6.23. The van der Waals surface area contributed by atoms with Crippen LogP contribution in [0, 0.1) is 0 Å². The number of carbonyl (C=O) groups is 1. The van der Waals surface area contributed by atoms with E-state index >= 15 is 0 Å². The van der Waals surface area contributed by atoms with Gasteiger partial charge >= 0.3 is 0 Å². The Morgan fingerprint density at radius 2 is 2.06 bits per heavy atom. The predicted molar refractivity (Wildman–Crippen MR) is 63.8 cm³/mol. The summed E-state index contributed by atoms with van der Waals surface area (Å²) < 4.78 is 0. The zero-order chi connectivity index (χ0) is 12.0. The minimum absolute atomic E-state index is 0.102. The fourth-order valence-electron chi connectivity index (χ4n) is 1.28. The maximum Gasteiger partial charge on any atom is 0.236 e. The number of nitrogens with zero attached hydrogens (tertiary/aromatic N) is 2. The highest BCUT2D eigenvalue weighted by atomic mass is 16.2. The molecular formula is C12H19N3O. The molecule has 0 aliphatic carbocycles. The Bertz CT molecular complexity index is 324. The lowest BCUT2D eigenvalue weighted by Gasteiger charge is -2.18. The second-order valence-electron chi connectivity index (χ2n) is 4.14. The average molecular weight is 221 g/mol. The molecule has 0 saturated carbocycles. The van der Waals surface area contributed by atoms with Crippen LogP contribution in [0.3, 0.4) is 0 Å². The Kier molecular flexibility index (Phi) is 4.92. The van der Waals surface area contributed by atoms with E-state index in [2.05, 4.69) is 10.3 Å². The summed E-state index contributed by atoms with van der Waals surface area (Å²) in [5.41, 5.74) is 1.09. The van der Waals surface area contributed by atoms with Gasteiger partial charge in [-0.05, 0) is 17.7 Å². The van der Waals surface area contributed by atoms with Crippen LogP contribution in [-0.4, -0.2) is 35.4 Å². The van der Waals surface area contributed by atoms with E-state index < -0.39 is 0 Å². The molecular weight excluding hydrogens is 202 g/mol. The van der Waals surface area contributed by atoms with Crippen molar-refractivity contribution in [2.45, 2.75) is 26.4 Å². The molecule has 1 heterocycles. The summed E-state index contributed by atoms with van der Waals surface area (Å²) in [5, 5.41) is 3.11. The Labute approximate surface area is 96.7 Å². The SMILES string of the molecule is CC(C)NCC(=O)N(C)Cc1ccncc1. The minimum atomic E-state index is 0.102. The van der Waals surface area contributed by atoms with Crippen molar-refractivity contribution >= 4 is 5.91 Å². The molecule has 1 N–H and O–H groups in total. The summed E-state index contributed by atoms with van der Waals surface area (Å²) in [6, 6.07) is 4.16. The van der Waals surface area contributed by atoms with E-state index in [0.29, 0.717) is 19.1 Å². The van der Waals surface area contributed by atoms with Gasteiger partial charge in [-0.1, -0.05) is 13.8 Å². The highest BCUT2D eigenvalue weighted by molar-refractivity contribution is 5.77. The van der Waals surface area contributed by atoms with Gasteiger partial charge in [-0.15, -0.1) is 0 Å². The van der Waals surface area contributed by atoms with Gasteiger partial charge in [-0.25, -0.2) is 0 Å². The van der Waals surface area contributed by atoms with Crippen LogP contribution >= 0.6 is 0 Å². The first-order valence-electron chi connectivity index (χ1n) is 5.46. The molecule has 0 aliphatic rings. The largest absolute Gasteiger partial charge is 0.340 e. The summed E-state index contributed by atoms with van der Waals surface area (Å²) in [5.74, 6) is 0.102. The van der Waals surface area contributed by atoms with Crippen molar-refractivity contribution in [3.63, 3.8) is 0 Å². The van der Waals surface area contributed by atoms with Gasteiger partial charge in [0, 0.05) is 32.0 Å². The molecule has 16 heavy (non-hydrogen) atoms. The molecule has 1 rings (SSSR count). The van der Waals surface area contributed by atoms with Crippen LogP contribution in [0.15, 0.2) is 24.5 Å². The normalized spacial score (nSPS) is 10.5. The van der Waals surface area contributed by atoms with Crippen LogP contribution < -0.4 is 5.32 Å². The van der Waals surface area contributed by atoms with Crippen molar-refractivity contribution in [2.75, 3.05) is 13.6 Å². The molecule has 0 aliphatic heterocycles. The second-order valence-corrected chi connectivity index (χ2v) is 4.14. The number of aromatic nitrogens is 1. The zero-order valence-electron chi connectivity index (χ0n) is 10.1. The molecule has 0 radical (unpaired) electrons. The molecule has 4 nitrogen and oxygen atoms in total. The number of pyridine rings is 1. The number of amides is 1. The molecule has 0 unspecified atom stereocenters. The zero-order valence-corrected chi connectivity index (χ0v) is 10.1. The van der Waals surface area contributed by atoms with Crippen molar-refractivity contribution in [1.29, 1.82) is 0 Å². The highest BCUT2D eigenvalue weighted by Crippen LogP contribution is 2.00. The van der Waals surface area contributed by atoms with Crippen molar-refractivity contribution in [1.82, 2.24) is 15.2 Å². The van der Waals surface area contributed by atoms with E-state index in [1.165, 1.54) is 0 Å². The lowest BCUT2D eigenvalue weighted by atomic mass is 10.2. The smallest absolute Gasteiger partial charge is 0.236 e. The molecule has 1 amide bonds. The maximum atomic E-state index is 11.7. The van der Waals surface area contributed by atoms with Crippen molar-refractivity contribution in [3.05, 3.63) is 30.1 Å². The van der Waals surface area contributed by atoms with Crippen molar-refractivity contribution in [2.24, 2.45) is 0 Å². The Morgan fingerprint density at radius 3 is 2.62 bits per heavy atom. The lowest BCUT2D eigenvalue weighted by molar-refractivity contribution is -0.129.